The summed E-state index contributed by atoms with van der Waals surface area (Å²) in [6.45, 7) is 2.05. The van der Waals surface area contributed by atoms with Crippen molar-refractivity contribution in [3.8, 4) is 5.69 Å². The first-order valence-electron chi connectivity index (χ1n) is 10.1. The van der Waals surface area contributed by atoms with Crippen LogP contribution in [0.5, 0.6) is 0 Å². The number of carbonyl (C=O) groups excluding carboxylic acids is 1. The highest BCUT2D eigenvalue weighted by Gasteiger charge is 2.24. The molecule has 4 rings (SSSR count). The summed E-state index contributed by atoms with van der Waals surface area (Å²) in [5.74, 6) is 0.305. The number of benzene rings is 3. The number of para-hydroxylation sites is 1. The van der Waals surface area contributed by atoms with E-state index >= 15 is 0 Å². The number of aromatic nitrogens is 3. The van der Waals surface area contributed by atoms with Gasteiger partial charge in [-0.1, -0.05) is 90.6 Å². The Hall–Kier alpha value is -3.38. The molecule has 0 aliphatic heterocycles. The van der Waals surface area contributed by atoms with Crippen molar-refractivity contribution in [2.45, 2.75) is 18.1 Å². The molecule has 0 saturated heterocycles. The maximum absolute atomic E-state index is 13.2. The quantitative estimate of drug-likeness (QED) is 0.392. The molecule has 1 amide bonds. The number of rotatable bonds is 7. The zero-order valence-electron chi connectivity index (χ0n) is 17.6. The zero-order valence-corrected chi connectivity index (χ0v) is 18.4. The van der Waals surface area contributed by atoms with Crippen molar-refractivity contribution < 1.29 is 4.79 Å². The number of aryl methyl sites for hydroxylation is 1. The van der Waals surface area contributed by atoms with E-state index in [1.165, 1.54) is 11.8 Å². The van der Waals surface area contributed by atoms with Gasteiger partial charge in [-0.25, -0.2) is 0 Å². The Labute approximate surface area is 186 Å². The molecule has 3 aromatic carbocycles. The zero-order chi connectivity index (χ0) is 21.6. The minimum Gasteiger partial charge on any atom is -0.334 e. The van der Waals surface area contributed by atoms with Crippen molar-refractivity contribution in [2.75, 3.05) is 12.8 Å². The second kappa shape index (κ2) is 9.62. The fourth-order valence-electron chi connectivity index (χ4n) is 3.60. The molecule has 0 saturated carbocycles. The summed E-state index contributed by atoms with van der Waals surface area (Å²) in [5, 5.41) is 8.99. The van der Waals surface area contributed by atoms with E-state index in [-0.39, 0.29) is 17.7 Å². The molecular formula is C25H24N4OS. The third-order valence-electron chi connectivity index (χ3n) is 5.23. The Morgan fingerprint density at radius 1 is 0.935 bits per heavy atom. The van der Waals surface area contributed by atoms with Crippen LogP contribution in [0.25, 0.3) is 5.69 Å². The van der Waals surface area contributed by atoms with Crippen molar-refractivity contribution in [1.29, 1.82) is 0 Å². The maximum Gasteiger partial charge on any atom is 0.233 e. The normalized spacial score (nSPS) is 10.9. The maximum atomic E-state index is 13.2. The van der Waals surface area contributed by atoms with Crippen molar-refractivity contribution in [2.24, 2.45) is 0 Å². The van der Waals surface area contributed by atoms with Gasteiger partial charge in [0.1, 0.15) is 6.33 Å². The summed E-state index contributed by atoms with van der Waals surface area (Å²) >= 11 is 1.40. The number of nitrogens with zero attached hydrogens (tertiary/aromatic N) is 4. The van der Waals surface area contributed by atoms with Crippen LogP contribution in [-0.2, 0) is 4.79 Å². The highest BCUT2D eigenvalue weighted by molar-refractivity contribution is 7.99. The lowest BCUT2D eigenvalue weighted by Crippen LogP contribution is -2.33. The molecule has 1 heterocycles. The predicted octanol–water partition coefficient (Wildman–Crippen LogP) is 4.92. The van der Waals surface area contributed by atoms with Crippen molar-refractivity contribution in [1.82, 2.24) is 19.7 Å². The molecule has 0 spiro atoms. The van der Waals surface area contributed by atoms with Gasteiger partial charge in [-0.3, -0.25) is 9.36 Å². The topological polar surface area (TPSA) is 51.0 Å². The van der Waals surface area contributed by atoms with Crippen LogP contribution >= 0.6 is 11.8 Å². The number of hydrogen-bond acceptors (Lipinski definition) is 4. The Bertz CT molecular complexity index is 1100. The summed E-state index contributed by atoms with van der Waals surface area (Å²) in [6, 6.07) is 28.1. The van der Waals surface area contributed by atoms with E-state index in [1.807, 2.05) is 84.1 Å². The number of thioether (sulfide) groups is 1. The van der Waals surface area contributed by atoms with E-state index in [2.05, 4.69) is 34.5 Å². The van der Waals surface area contributed by atoms with Gasteiger partial charge in [-0.15, -0.1) is 10.2 Å². The minimum absolute atomic E-state index is 0.0297. The largest absolute Gasteiger partial charge is 0.334 e. The lowest BCUT2D eigenvalue weighted by Gasteiger charge is -2.29. The predicted molar refractivity (Wildman–Crippen MR) is 124 cm³/mol. The first-order valence-corrected chi connectivity index (χ1v) is 11.1. The lowest BCUT2D eigenvalue weighted by atomic mass is 9.97. The van der Waals surface area contributed by atoms with Gasteiger partial charge in [0.05, 0.1) is 17.5 Å². The summed E-state index contributed by atoms with van der Waals surface area (Å²) in [4.78, 5) is 15.0. The van der Waals surface area contributed by atoms with E-state index in [9.17, 15) is 4.79 Å². The molecule has 0 aliphatic carbocycles. The summed E-state index contributed by atoms with van der Waals surface area (Å²) in [5.41, 5.74) is 4.30. The second-order valence-electron chi connectivity index (χ2n) is 7.29. The Kier molecular flexibility index (Phi) is 6.48. The first kappa shape index (κ1) is 20.9. The SMILES string of the molecule is Cc1ccccc1-n1cnnc1SCC(=O)N(C)C(c1ccccc1)c1ccccc1. The monoisotopic (exact) mass is 428 g/mol. The minimum atomic E-state index is -0.148. The van der Waals surface area contributed by atoms with Gasteiger partial charge in [-0.05, 0) is 29.7 Å². The number of hydrogen-bond donors (Lipinski definition) is 0. The molecule has 156 valence electrons. The molecule has 0 radical (unpaired) electrons. The van der Waals surface area contributed by atoms with Gasteiger partial charge in [0, 0.05) is 7.05 Å². The average Bonchev–Trinajstić information content (AvgIpc) is 3.27. The molecule has 31 heavy (non-hydrogen) atoms. The van der Waals surface area contributed by atoms with Gasteiger partial charge in [-0.2, -0.15) is 0 Å². The van der Waals surface area contributed by atoms with Crippen molar-refractivity contribution >= 4 is 17.7 Å². The van der Waals surface area contributed by atoms with Crippen LogP contribution in [0.2, 0.25) is 0 Å². The van der Waals surface area contributed by atoms with Crippen LogP contribution in [0, 0.1) is 6.92 Å². The van der Waals surface area contributed by atoms with Crippen molar-refractivity contribution in [3.05, 3.63) is 108 Å². The molecule has 0 aliphatic rings. The smallest absolute Gasteiger partial charge is 0.233 e. The second-order valence-corrected chi connectivity index (χ2v) is 8.23. The van der Waals surface area contributed by atoms with Gasteiger partial charge < -0.3 is 4.90 Å². The van der Waals surface area contributed by atoms with Crippen LogP contribution in [0.1, 0.15) is 22.7 Å². The van der Waals surface area contributed by atoms with Crippen LogP contribution in [0.15, 0.2) is 96.4 Å². The van der Waals surface area contributed by atoms with Crippen LogP contribution in [0.4, 0.5) is 0 Å². The molecule has 0 N–H and O–H groups in total. The third kappa shape index (κ3) is 4.70. The van der Waals surface area contributed by atoms with E-state index in [0.29, 0.717) is 5.16 Å². The van der Waals surface area contributed by atoms with Gasteiger partial charge in [0.15, 0.2) is 5.16 Å². The highest BCUT2D eigenvalue weighted by atomic mass is 32.2. The van der Waals surface area contributed by atoms with E-state index in [0.717, 1.165) is 22.4 Å². The van der Waals surface area contributed by atoms with E-state index in [1.54, 1.807) is 6.33 Å². The van der Waals surface area contributed by atoms with Crippen LogP contribution < -0.4 is 0 Å². The summed E-state index contributed by atoms with van der Waals surface area (Å²) in [6.07, 6.45) is 1.69. The number of carbonyl (C=O) groups is 1. The van der Waals surface area contributed by atoms with Gasteiger partial charge >= 0.3 is 0 Å². The highest BCUT2D eigenvalue weighted by Crippen LogP contribution is 2.29. The molecule has 0 fully saturated rings. The fourth-order valence-corrected chi connectivity index (χ4v) is 4.45. The Morgan fingerprint density at radius 2 is 1.52 bits per heavy atom. The average molecular weight is 429 g/mol. The van der Waals surface area contributed by atoms with Crippen LogP contribution in [-0.4, -0.2) is 38.4 Å². The Balaban J connectivity index is 1.53. The first-order chi connectivity index (χ1) is 15.1. The Morgan fingerprint density at radius 3 is 2.13 bits per heavy atom. The summed E-state index contributed by atoms with van der Waals surface area (Å²) < 4.78 is 1.93. The van der Waals surface area contributed by atoms with Crippen LogP contribution in [0.3, 0.4) is 0 Å². The van der Waals surface area contributed by atoms with E-state index in [4.69, 9.17) is 0 Å². The molecular weight excluding hydrogens is 404 g/mol. The summed E-state index contributed by atoms with van der Waals surface area (Å²) in [7, 11) is 1.86. The molecule has 5 nitrogen and oxygen atoms in total. The van der Waals surface area contributed by atoms with Gasteiger partial charge in [0.2, 0.25) is 5.91 Å². The molecule has 0 atom stereocenters. The molecule has 0 unspecified atom stereocenters. The van der Waals surface area contributed by atoms with Gasteiger partial charge in [0.25, 0.3) is 0 Å². The molecule has 1 aromatic heterocycles. The molecule has 0 bridgehead atoms. The molecule has 6 heteroatoms. The third-order valence-corrected chi connectivity index (χ3v) is 6.16. The standard InChI is InChI=1S/C25H24N4OS/c1-19-11-9-10-16-22(19)29-18-26-27-25(29)31-17-23(30)28(2)24(20-12-5-3-6-13-20)21-14-7-4-8-15-21/h3-16,18,24H,17H2,1-2H3. The number of amides is 1. The molecule has 4 aromatic rings. The van der Waals surface area contributed by atoms with E-state index < -0.39 is 0 Å². The van der Waals surface area contributed by atoms with Crippen molar-refractivity contribution in [3.63, 3.8) is 0 Å². The fraction of sp³-hybridized carbons (Fsp3) is 0.160. The lowest BCUT2D eigenvalue weighted by molar-refractivity contribution is -0.128.